The number of aliphatic hydroxyl groups is 1. The minimum atomic E-state index is -1.33. The molecule has 0 aromatic carbocycles. The van der Waals surface area contributed by atoms with Crippen molar-refractivity contribution >= 4 is 5.97 Å². The van der Waals surface area contributed by atoms with Gasteiger partial charge in [0.1, 0.15) is 0 Å². The van der Waals surface area contributed by atoms with Gasteiger partial charge in [0.25, 0.3) is 0 Å². The van der Waals surface area contributed by atoms with E-state index >= 15 is 0 Å². The Bertz CT molecular complexity index is 488. The van der Waals surface area contributed by atoms with Crippen LogP contribution in [0.25, 0.3) is 0 Å². The normalized spacial score (nSPS) is 43.2. The Morgan fingerprint density at radius 1 is 1.44 bits per heavy atom. The van der Waals surface area contributed by atoms with E-state index in [-0.39, 0.29) is 11.4 Å². The Morgan fingerprint density at radius 3 is 2.89 bits per heavy atom. The minimum absolute atomic E-state index is 0.0436. The number of carbonyl (C=O) groups excluding carboxylic acids is 1. The summed E-state index contributed by atoms with van der Waals surface area (Å²) in [4.78, 5) is 11.7. The molecule has 3 heteroatoms. The molecule has 0 bridgehead atoms. The average Bonchev–Trinajstić information content (AvgIpc) is 2.46. The molecule has 98 valence electrons. The van der Waals surface area contributed by atoms with Crippen molar-refractivity contribution in [2.45, 2.75) is 52.2 Å². The van der Waals surface area contributed by atoms with Crippen molar-refractivity contribution in [2.24, 2.45) is 11.3 Å². The lowest BCUT2D eigenvalue weighted by atomic mass is 9.57. The third kappa shape index (κ3) is 1.43. The van der Waals surface area contributed by atoms with E-state index < -0.39 is 5.79 Å². The van der Waals surface area contributed by atoms with Gasteiger partial charge in [-0.25, -0.2) is 4.79 Å². The van der Waals surface area contributed by atoms with Crippen LogP contribution >= 0.6 is 0 Å². The lowest BCUT2D eigenvalue weighted by Gasteiger charge is -2.49. The smallest absolute Gasteiger partial charge is 0.336 e. The van der Waals surface area contributed by atoms with E-state index in [2.05, 4.69) is 19.9 Å². The molecule has 3 rings (SSSR count). The number of esters is 1. The van der Waals surface area contributed by atoms with Crippen LogP contribution in [0.2, 0.25) is 0 Å². The van der Waals surface area contributed by atoms with Crippen LogP contribution in [0.1, 0.15) is 46.5 Å². The summed E-state index contributed by atoms with van der Waals surface area (Å²) < 4.78 is 5.24. The zero-order valence-corrected chi connectivity index (χ0v) is 11.2. The van der Waals surface area contributed by atoms with E-state index in [0.717, 1.165) is 24.8 Å². The molecule has 3 atom stereocenters. The van der Waals surface area contributed by atoms with E-state index in [0.29, 0.717) is 17.9 Å². The first-order chi connectivity index (χ1) is 8.36. The molecule has 3 aliphatic rings. The van der Waals surface area contributed by atoms with Gasteiger partial charge in [-0.1, -0.05) is 18.6 Å². The molecular formula is C15H20O3. The summed E-state index contributed by atoms with van der Waals surface area (Å²) in [5.41, 5.74) is 2.86. The number of rotatable bonds is 0. The number of carbonyl (C=O) groups is 1. The third-order valence-electron chi connectivity index (χ3n) is 5.12. The third-order valence-corrected chi connectivity index (χ3v) is 5.12. The van der Waals surface area contributed by atoms with E-state index in [9.17, 15) is 9.90 Å². The molecule has 1 saturated carbocycles. The van der Waals surface area contributed by atoms with Crippen molar-refractivity contribution in [1.82, 2.24) is 0 Å². The predicted octanol–water partition coefficient (Wildman–Crippen LogP) is 2.70. The molecule has 0 aromatic heterocycles. The quantitative estimate of drug-likeness (QED) is 0.529. The van der Waals surface area contributed by atoms with Crippen molar-refractivity contribution in [3.05, 3.63) is 22.8 Å². The molecule has 0 spiro atoms. The summed E-state index contributed by atoms with van der Waals surface area (Å²) in [7, 11) is 0. The van der Waals surface area contributed by atoms with Crippen LogP contribution in [0.15, 0.2) is 22.8 Å². The highest BCUT2D eigenvalue weighted by molar-refractivity contribution is 5.92. The van der Waals surface area contributed by atoms with Crippen LogP contribution in [-0.2, 0) is 9.53 Å². The Hall–Kier alpha value is -1.09. The first kappa shape index (κ1) is 12.0. The highest BCUT2D eigenvalue weighted by atomic mass is 16.7. The number of allylic oxidation sites excluding steroid dienone is 2. The van der Waals surface area contributed by atoms with Crippen LogP contribution in [0.4, 0.5) is 0 Å². The van der Waals surface area contributed by atoms with Crippen molar-refractivity contribution < 1.29 is 14.6 Å². The fourth-order valence-electron chi connectivity index (χ4n) is 4.03. The molecule has 0 unspecified atom stereocenters. The summed E-state index contributed by atoms with van der Waals surface area (Å²) >= 11 is 0. The zero-order chi connectivity index (χ0) is 13.1. The molecule has 1 aliphatic heterocycles. The second-order valence-electron chi connectivity index (χ2n) is 6.35. The predicted molar refractivity (Wildman–Crippen MR) is 67.6 cm³/mol. The second kappa shape index (κ2) is 3.47. The van der Waals surface area contributed by atoms with Gasteiger partial charge in [0, 0.05) is 17.6 Å². The highest BCUT2D eigenvalue weighted by Gasteiger charge is 2.56. The Balaban J connectivity index is 2.06. The minimum Gasteiger partial charge on any atom is -0.426 e. The molecule has 18 heavy (non-hydrogen) atoms. The van der Waals surface area contributed by atoms with Crippen molar-refractivity contribution in [3.8, 4) is 0 Å². The molecule has 1 fully saturated rings. The molecule has 0 saturated heterocycles. The zero-order valence-electron chi connectivity index (χ0n) is 11.2. The van der Waals surface area contributed by atoms with Crippen LogP contribution < -0.4 is 0 Å². The van der Waals surface area contributed by atoms with Gasteiger partial charge in [-0.05, 0) is 44.4 Å². The molecule has 0 radical (unpaired) electrons. The monoisotopic (exact) mass is 248 g/mol. The van der Waals surface area contributed by atoms with Gasteiger partial charge in [0.15, 0.2) is 0 Å². The number of hydrogen-bond acceptors (Lipinski definition) is 3. The summed E-state index contributed by atoms with van der Waals surface area (Å²) in [6.45, 7) is 6.14. The fraction of sp³-hybridized carbons (Fsp3) is 0.667. The maximum Gasteiger partial charge on any atom is 0.336 e. The van der Waals surface area contributed by atoms with E-state index in [1.165, 1.54) is 5.57 Å². The lowest BCUT2D eigenvalue weighted by molar-refractivity contribution is -0.202. The first-order valence-electron chi connectivity index (χ1n) is 6.68. The Kier molecular flexibility index (Phi) is 2.31. The number of hydrogen-bond donors (Lipinski definition) is 1. The van der Waals surface area contributed by atoms with Gasteiger partial charge >= 0.3 is 5.97 Å². The van der Waals surface area contributed by atoms with Crippen molar-refractivity contribution in [3.63, 3.8) is 0 Å². The lowest BCUT2D eigenvalue weighted by Crippen LogP contribution is -2.48. The van der Waals surface area contributed by atoms with E-state index in [4.69, 9.17) is 4.74 Å². The molecule has 0 aromatic rings. The summed E-state index contributed by atoms with van der Waals surface area (Å²) in [5, 5.41) is 10.6. The molecular weight excluding hydrogens is 228 g/mol. The van der Waals surface area contributed by atoms with Gasteiger partial charge in [-0.2, -0.15) is 0 Å². The second-order valence-corrected chi connectivity index (χ2v) is 6.35. The number of fused-ring (bicyclic) bond motifs is 2. The molecule has 1 heterocycles. The standard InChI is InChI=1S/C15H20O3/c1-9-5-4-6-14(3)8-15(17)12(7-11(9)14)10(2)13(16)18-15/h5,11,17H,4,6-8H2,1-3H3/t11-,14+,15-/m0/s1. The molecule has 3 nitrogen and oxygen atoms in total. The van der Waals surface area contributed by atoms with Crippen LogP contribution in [0.3, 0.4) is 0 Å². The fourth-order valence-corrected chi connectivity index (χ4v) is 4.03. The van der Waals surface area contributed by atoms with Gasteiger partial charge in [-0.15, -0.1) is 0 Å². The van der Waals surface area contributed by atoms with E-state index in [1.54, 1.807) is 6.92 Å². The van der Waals surface area contributed by atoms with Crippen LogP contribution in [0, 0.1) is 11.3 Å². The topological polar surface area (TPSA) is 46.5 Å². The Morgan fingerprint density at radius 2 is 2.17 bits per heavy atom. The Labute approximate surface area is 108 Å². The van der Waals surface area contributed by atoms with E-state index in [1.807, 2.05) is 0 Å². The summed E-state index contributed by atoms with van der Waals surface area (Å²) in [5.74, 6) is -1.24. The first-order valence-corrected chi connectivity index (χ1v) is 6.68. The maximum absolute atomic E-state index is 11.7. The van der Waals surface area contributed by atoms with Crippen molar-refractivity contribution in [1.29, 1.82) is 0 Å². The van der Waals surface area contributed by atoms with Gasteiger partial charge in [0.05, 0.1) is 0 Å². The van der Waals surface area contributed by atoms with Crippen molar-refractivity contribution in [2.75, 3.05) is 0 Å². The SMILES string of the molecule is CC1=CCC[C@]2(C)C[C@]3(O)OC(=O)C(C)=C3C[C@@H]12. The average molecular weight is 248 g/mol. The summed E-state index contributed by atoms with van der Waals surface area (Å²) in [6.07, 6.45) is 5.70. The van der Waals surface area contributed by atoms with Crippen LogP contribution in [-0.4, -0.2) is 16.9 Å². The van der Waals surface area contributed by atoms with Gasteiger partial charge in [0.2, 0.25) is 5.79 Å². The largest absolute Gasteiger partial charge is 0.426 e. The van der Waals surface area contributed by atoms with Crippen LogP contribution in [0.5, 0.6) is 0 Å². The van der Waals surface area contributed by atoms with Gasteiger partial charge in [-0.3, -0.25) is 0 Å². The number of ether oxygens (including phenoxy) is 1. The highest BCUT2D eigenvalue weighted by Crippen LogP contribution is 2.57. The molecule has 2 aliphatic carbocycles. The maximum atomic E-state index is 11.7. The van der Waals surface area contributed by atoms with Gasteiger partial charge < -0.3 is 9.84 Å². The molecule has 1 N–H and O–H groups in total. The summed E-state index contributed by atoms with van der Waals surface area (Å²) in [6, 6.07) is 0. The molecule has 0 amide bonds.